The van der Waals surface area contributed by atoms with Crippen molar-refractivity contribution in [1.82, 2.24) is 5.32 Å². The number of benzene rings is 2. The quantitative estimate of drug-likeness (QED) is 0.843. The topological polar surface area (TPSA) is 33.7 Å². The van der Waals surface area contributed by atoms with Crippen LogP contribution in [-0.2, 0) is 11.2 Å². The summed E-state index contributed by atoms with van der Waals surface area (Å²) in [7, 11) is 0. The number of nitrogens with zero attached hydrogens (tertiary/aromatic N) is 1. The number of fused-ring (bicyclic) bond motifs is 1. The highest BCUT2D eigenvalue weighted by atomic mass is 16.5. The van der Waals surface area contributed by atoms with Gasteiger partial charge in [0.1, 0.15) is 5.75 Å². The lowest BCUT2D eigenvalue weighted by Crippen LogP contribution is -2.54. The summed E-state index contributed by atoms with van der Waals surface area (Å²) >= 11 is 0. The third-order valence-electron chi connectivity index (χ3n) is 5.92. The van der Waals surface area contributed by atoms with Crippen LogP contribution in [0.4, 0.5) is 5.69 Å². The van der Waals surface area contributed by atoms with Crippen molar-refractivity contribution in [2.24, 2.45) is 5.92 Å². The van der Waals surface area contributed by atoms with Crippen LogP contribution in [0.25, 0.3) is 0 Å². The molecule has 1 saturated heterocycles. The minimum absolute atomic E-state index is 0.171. The fourth-order valence-electron chi connectivity index (χ4n) is 4.44. The standard InChI is InChI=1S/C24H32N2O2/c1-17(2)28-21-10-8-20(9-11-21)26-14-13-25-23(16-26)18(3)24-22-7-5-4-6-19(22)12-15-27-24/h4-11,17-18,23-25H,12-16H2,1-3H3. The number of ether oxygens (including phenoxy) is 2. The van der Waals surface area contributed by atoms with Gasteiger partial charge in [0.15, 0.2) is 0 Å². The molecule has 0 amide bonds. The number of nitrogens with one attached hydrogen (secondary N) is 1. The third-order valence-corrected chi connectivity index (χ3v) is 5.92. The molecule has 2 aromatic rings. The molecule has 0 aliphatic carbocycles. The van der Waals surface area contributed by atoms with Crippen molar-refractivity contribution in [3.63, 3.8) is 0 Å². The van der Waals surface area contributed by atoms with Gasteiger partial charge in [0.05, 0.1) is 18.8 Å². The Morgan fingerprint density at radius 2 is 1.86 bits per heavy atom. The first-order valence-corrected chi connectivity index (χ1v) is 10.6. The van der Waals surface area contributed by atoms with Crippen molar-refractivity contribution < 1.29 is 9.47 Å². The van der Waals surface area contributed by atoms with Crippen molar-refractivity contribution in [3.05, 3.63) is 59.7 Å². The minimum atomic E-state index is 0.171. The van der Waals surface area contributed by atoms with Gasteiger partial charge in [-0.1, -0.05) is 31.2 Å². The zero-order valence-corrected chi connectivity index (χ0v) is 17.2. The van der Waals surface area contributed by atoms with Crippen molar-refractivity contribution in [3.8, 4) is 5.75 Å². The van der Waals surface area contributed by atoms with E-state index < -0.39 is 0 Å². The molecule has 28 heavy (non-hydrogen) atoms. The molecular weight excluding hydrogens is 348 g/mol. The van der Waals surface area contributed by atoms with E-state index in [-0.39, 0.29) is 12.2 Å². The lowest BCUT2D eigenvalue weighted by molar-refractivity contribution is -0.00538. The SMILES string of the molecule is CC(C)Oc1ccc(N2CCNC(C(C)C3OCCc4ccccc43)C2)cc1. The maximum atomic E-state index is 6.24. The van der Waals surface area contributed by atoms with E-state index in [2.05, 4.69) is 79.5 Å². The molecule has 3 atom stereocenters. The minimum Gasteiger partial charge on any atom is -0.491 e. The second-order valence-corrected chi connectivity index (χ2v) is 8.27. The van der Waals surface area contributed by atoms with Gasteiger partial charge in [0.2, 0.25) is 0 Å². The lowest BCUT2D eigenvalue weighted by Gasteiger charge is -2.41. The van der Waals surface area contributed by atoms with Crippen LogP contribution in [0, 0.1) is 5.92 Å². The van der Waals surface area contributed by atoms with Crippen LogP contribution < -0.4 is 15.0 Å². The molecular formula is C24H32N2O2. The zero-order valence-electron chi connectivity index (χ0n) is 17.2. The van der Waals surface area contributed by atoms with Gasteiger partial charge in [0.25, 0.3) is 0 Å². The highest BCUT2D eigenvalue weighted by molar-refractivity contribution is 5.50. The van der Waals surface area contributed by atoms with Crippen LogP contribution in [-0.4, -0.2) is 38.4 Å². The van der Waals surface area contributed by atoms with E-state index in [1.807, 2.05) is 0 Å². The lowest BCUT2D eigenvalue weighted by atomic mass is 9.85. The molecule has 0 saturated carbocycles. The van der Waals surface area contributed by atoms with Gasteiger partial charge in [-0.3, -0.25) is 0 Å². The van der Waals surface area contributed by atoms with Crippen molar-refractivity contribution in [2.75, 3.05) is 31.1 Å². The molecule has 0 spiro atoms. The summed E-state index contributed by atoms with van der Waals surface area (Å²) in [5.74, 6) is 1.35. The molecule has 2 heterocycles. The predicted octanol–water partition coefficient (Wildman–Crippen LogP) is 4.20. The van der Waals surface area contributed by atoms with Crippen LogP contribution in [0.15, 0.2) is 48.5 Å². The second-order valence-electron chi connectivity index (χ2n) is 8.27. The summed E-state index contributed by atoms with van der Waals surface area (Å²) in [6.07, 6.45) is 1.40. The molecule has 0 aromatic heterocycles. The molecule has 4 nitrogen and oxygen atoms in total. The van der Waals surface area contributed by atoms with E-state index in [1.54, 1.807) is 0 Å². The zero-order chi connectivity index (χ0) is 19.5. The van der Waals surface area contributed by atoms with E-state index in [9.17, 15) is 0 Å². The maximum Gasteiger partial charge on any atom is 0.119 e. The van der Waals surface area contributed by atoms with Crippen LogP contribution in [0.3, 0.4) is 0 Å². The summed E-state index contributed by atoms with van der Waals surface area (Å²) in [5.41, 5.74) is 4.08. The van der Waals surface area contributed by atoms with Crippen LogP contribution in [0.1, 0.15) is 38.0 Å². The van der Waals surface area contributed by atoms with E-state index in [1.165, 1.54) is 16.8 Å². The molecule has 150 valence electrons. The average molecular weight is 381 g/mol. The molecule has 4 rings (SSSR count). The van der Waals surface area contributed by atoms with E-state index >= 15 is 0 Å². The first-order valence-electron chi connectivity index (χ1n) is 10.6. The van der Waals surface area contributed by atoms with Gasteiger partial charge < -0.3 is 19.7 Å². The Balaban J connectivity index is 1.45. The van der Waals surface area contributed by atoms with Crippen LogP contribution in [0.2, 0.25) is 0 Å². The highest BCUT2D eigenvalue weighted by Crippen LogP contribution is 2.35. The predicted molar refractivity (Wildman–Crippen MR) is 114 cm³/mol. The van der Waals surface area contributed by atoms with Gasteiger partial charge in [-0.25, -0.2) is 0 Å². The molecule has 1 fully saturated rings. The molecule has 2 aliphatic heterocycles. The van der Waals surface area contributed by atoms with Crippen molar-refractivity contribution >= 4 is 5.69 Å². The molecule has 2 aromatic carbocycles. The van der Waals surface area contributed by atoms with E-state index in [4.69, 9.17) is 9.47 Å². The maximum absolute atomic E-state index is 6.24. The first kappa shape index (κ1) is 19.3. The largest absolute Gasteiger partial charge is 0.491 e. The Morgan fingerprint density at radius 3 is 2.64 bits per heavy atom. The van der Waals surface area contributed by atoms with Gasteiger partial charge >= 0.3 is 0 Å². The second kappa shape index (κ2) is 8.54. The third kappa shape index (κ3) is 4.18. The van der Waals surface area contributed by atoms with Crippen LogP contribution >= 0.6 is 0 Å². The monoisotopic (exact) mass is 380 g/mol. The fourth-order valence-corrected chi connectivity index (χ4v) is 4.44. The highest BCUT2D eigenvalue weighted by Gasteiger charge is 2.33. The Labute approximate surface area is 168 Å². The smallest absolute Gasteiger partial charge is 0.119 e. The average Bonchev–Trinajstić information content (AvgIpc) is 2.73. The Hall–Kier alpha value is -2.04. The molecule has 0 bridgehead atoms. The van der Waals surface area contributed by atoms with Crippen molar-refractivity contribution in [1.29, 1.82) is 0 Å². The Bertz CT molecular complexity index is 774. The Morgan fingerprint density at radius 1 is 1.07 bits per heavy atom. The van der Waals surface area contributed by atoms with Gasteiger partial charge in [-0.2, -0.15) is 0 Å². The van der Waals surface area contributed by atoms with Gasteiger partial charge in [0, 0.05) is 37.3 Å². The summed E-state index contributed by atoms with van der Waals surface area (Å²) in [6, 6.07) is 17.7. The Kier molecular flexibility index (Phi) is 5.88. The van der Waals surface area contributed by atoms with Crippen molar-refractivity contribution in [2.45, 2.75) is 45.4 Å². The summed E-state index contributed by atoms with van der Waals surface area (Å²) in [6.45, 7) is 10.3. The molecule has 3 unspecified atom stereocenters. The summed E-state index contributed by atoms with van der Waals surface area (Å²) < 4.78 is 12.0. The summed E-state index contributed by atoms with van der Waals surface area (Å²) in [5, 5.41) is 3.74. The number of anilines is 1. The number of hydrogen-bond donors (Lipinski definition) is 1. The van der Waals surface area contributed by atoms with Gasteiger partial charge in [-0.05, 0) is 55.7 Å². The molecule has 1 N–H and O–H groups in total. The number of hydrogen-bond acceptors (Lipinski definition) is 4. The fraction of sp³-hybridized carbons (Fsp3) is 0.500. The van der Waals surface area contributed by atoms with E-state index in [0.29, 0.717) is 12.0 Å². The molecule has 2 aliphatic rings. The normalized spacial score (nSPS) is 23.4. The summed E-state index contributed by atoms with van der Waals surface area (Å²) in [4.78, 5) is 2.48. The molecule has 0 radical (unpaired) electrons. The first-order chi connectivity index (χ1) is 13.6. The number of rotatable bonds is 5. The van der Waals surface area contributed by atoms with Crippen LogP contribution in [0.5, 0.6) is 5.75 Å². The number of piperazine rings is 1. The molecule has 4 heteroatoms. The van der Waals surface area contributed by atoms with E-state index in [0.717, 1.165) is 38.4 Å². The van der Waals surface area contributed by atoms with Gasteiger partial charge in [-0.15, -0.1) is 0 Å².